The first kappa shape index (κ1) is 12.8. The predicted octanol–water partition coefficient (Wildman–Crippen LogP) is -0.616. The molecule has 0 aromatic heterocycles. The summed E-state index contributed by atoms with van der Waals surface area (Å²) in [6.07, 6.45) is 0. The quantitative estimate of drug-likeness (QED) is 0.571. The standard InChI is InChI=1S/C6H15NO5S/c1-11-5-3-7(4-6-12-2)13(8,9)10/h3-6H2,1-2H3,(H,8,9,10). The Morgan fingerprint density at radius 2 is 1.54 bits per heavy atom. The van der Waals surface area contributed by atoms with Crippen molar-refractivity contribution in [1.29, 1.82) is 0 Å². The van der Waals surface area contributed by atoms with Crippen LogP contribution in [0, 0.1) is 0 Å². The lowest BCUT2D eigenvalue weighted by Gasteiger charge is -2.16. The Hall–Kier alpha value is -0.210. The first-order chi connectivity index (χ1) is 6.02. The maximum absolute atomic E-state index is 10.7. The highest BCUT2D eigenvalue weighted by Crippen LogP contribution is 1.96. The Kier molecular flexibility index (Phi) is 6.17. The average Bonchev–Trinajstić information content (AvgIpc) is 2.02. The van der Waals surface area contributed by atoms with E-state index < -0.39 is 10.3 Å². The van der Waals surface area contributed by atoms with E-state index in [0.717, 1.165) is 4.31 Å². The summed E-state index contributed by atoms with van der Waals surface area (Å²) in [5, 5.41) is 0. The molecule has 80 valence electrons. The molecule has 0 aromatic rings. The van der Waals surface area contributed by atoms with Crippen molar-refractivity contribution in [1.82, 2.24) is 4.31 Å². The van der Waals surface area contributed by atoms with Crippen molar-refractivity contribution in [3.8, 4) is 0 Å². The van der Waals surface area contributed by atoms with Gasteiger partial charge in [0, 0.05) is 27.3 Å². The van der Waals surface area contributed by atoms with Gasteiger partial charge in [-0.25, -0.2) is 0 Å². The third kappa shape index (κ3) is 5.94. The fourth-order valence-corrected chi connectivity index (χ4v) is 1.34. The molecule has 1 N–H and O–H groups in total. The summed E-state index contributed by atoms with van der Waals surface area (Å²) in [6, 6.07) is 0. The van der Waals surface area contributed by atoms with Gasteiger partial charge in [0.15, 0.2) is 0 Å². The molecule has 0 fully saturated rings. The van der Waals surface area contributed by atoms with Gasteiger partial charge in [0.2, 0.25) is 0 Å². The number of nitrogens with zero attached hydrogens (tertiary/aromatic N) is 1. The van der Waals surface area contributed by atoms with Gasteiger partial charge in [-0.3, -0.25) is 4.55 Å². The first-order valence-electron chi connectivity index (χ1n) is 3.72. The third-order valence-electron chi connectivity index (χ3n) is 1.42. The maximum atomic E-state index is 10.7. The van der Waals surface area contributed by atoms with Crippen LogP contribution in [0.15, 0.2) is 0 Å². The zero-order valence-corrected chi connectivity index (χ0v) is 8.58. The number of hydrogen-bond acceptors (Lipinski definition) is 4. The Bertz CT molecular complexity index is 207. The van der Waals surface area contributed by atoms with Crippen LogP contribution in [0.4, 0.5) is 0 Å². The van der Waals surface area contributed by atoms with Crippen LogP contribution < -0.4 is 0 Å². The SMILES string of the molecule is COCCN(CCOC)S(=O)(=O)O. The Balaban J connectivity index is 4.04. The van der Waals surface area contributed by atoms with Crippen molar-refractivity contribution < 1.29 is 22.4 Å². The lowest BCUT2D eigenvalue weighted by molar-refractivity contribution is 0.146. The fraction of sp³-hybridized carbons (Fsp3) is 1.00. The second-order valence-corrected chi connectivity index (χ2v) is 3.77. The molecule has 0 rings (SSSR count). The molecule has 0 saturated heterocycles. The van der Waals surface area contributed by atoms with Crippen molar-refractivity contribution in [3.05, 3.63) is 0 Å². The highest BCUT2D eigenvalue weighted by Gasteiger charge is 2.17. The van der Waals surface area contributed by atoms with Gasteiger partial charge in [-0.15, -0.1) is 0 Å². The second kappa shape index (κ2) is 6.28. The molecule has 13 heavy (non-hydrogen) atoms. The number of rotatable bonds is 7. The summed E-state index contributed by atoms with van der Waals surface area (Å²) in [7, 11) is -1.22. The lowest BCUT2D eigenvalue weighted by Crippen LogP contribution is -2.35. The molecule has 0 amide bonds. The summed E-state index contributed by atoms with van der Waals surface area (Å²) in [4.78, 5) is 0. The van der Waals surface area contributed by atoms with E-state index in [-0.39, 0.29) is 26.3 Å². The van der Waals surface area contributed by atoms with Crippen LogP contribution in [0.2, 0.25) is 0 Å². The van der Waals surface area contributed by atoms with Gasteiger partial charge in [0.1, 0.15) is 0 Å². The van der Waals surface area contributed by atoms with Crippen LogP contribution in [0.5, 0.6) is 0 Å². The minimum absolute atomic E-state index is 0.124. The Morgan fingerprint density at radius 3 is 1.77 bits per heavy atom. The summed E-state index contributed by atoms with van der Waals surface area (Å²) in [5.74, 6) is 0. The molecule has 6 nitrogen and oxygen atoms in total. The minimum Gasteiger partial charge on any atom is -0.383 e. The topological polar surface area (TPSA) is 76.1 Å². The molecule has 7 heteroatoms. The van der Waals surface area contributed by atoms with Gasteiger partial charge < -0.3 is 9.47 Å². The minimum atomic E-state index is -4.14. The third-order valence-corrected chi connectivity index (χ3v) is 2.43. The fourth-order valence-electron chi connectivity index (χ4n) is 0.729. The molecule has 0 bridgehead atoms. The Labute approximate surface area is 78.3 Å². The van der Waals surface area contributed by atoms with E-state index >= 15 is 0 Å². The van der Waals surface area contributed by atoms with Gasteiger partial charge in [-0.2, -0.15) is 12.7 Å². The van der Waals surface area contributed by atoms with Crippen LogP contribution >= 0.6 is 0 Å². The number of ether oxygens (including phenoxy) is 2. The monoisotopic (exact) mass is 213 g/mol. The molecule has 0 aliphatic carbocycles. The highest BCUT2D eigenvalue weighted by molar-refractivity contribution is 7.83. The van der Waals surface area contributed by atoms with Gasteiger partial charge >= 0.3 is 10.3 Å². The zero-order valence-electron chi connectivity index (χ0n) is 7.76. The van der Waals surface area contributed by atoms with Crippen LogP contribution in [-0.2, 0) is 19.8 Å². The van der Waals surface area contributed by atoms with E-state index in [9.17, 15) is 8.42 Å². The predicted molar refractivity (Wildman–Crippen MR) is 46.9 cm³/mol. The molecule has 0 unspecified atom stereocenters. The molecule has 0 aromatic carbocycles. The molecular formula is C6H15NO5S. The van der Waals surface area contributed by atoms with Crippen molar-refractivity contribution >= 4 is 10.3 Å². The van der Waals surface area contributed by atoms with E-state index in [1.807, 2.05) is 0 Å². The van der Waals surface area contributed by atoms with Crippen LogP contribution in [-0.4, -0.2) is 57.8 Å². The molecule has 0 heterocycles. The normalized spacial score (nSPS) is 12.3. The van der Waals surface area contributed by atoms with Crippen LogP contribution in [0.25, 0.3) is 0 Å². The average molecular weight is 213 g/mol. The number of hydrogen-bond donors (Lipinski definition) is 1. The van der Waals surface area contributed by atoms with Gasteiger partial charge in [-0.05, 0) is 0 Å². The van der Waals surface area contributed by atoms with Gasteiger partial charge in [-0.1, -0.05) is 0 Å². The summed E-state index contributed by atoms with van der Waals surface area (Å²) in [5.41, 5.74) is 0. The van der Waals surface area contributed by atoms with E-state index in [1.54, 1.807) is 0 Å². The van der Waals surface area contributed by atoms with Gasteiger partial charge in [0.05, 0.1) is 13.2 Å². The lowest BCUT2D eigenvalue weighted by atomic mass is 10.6. The van der Waals surface area contributed by atoms with Crippen molar-refractivity contribution in [2.75, 3.05) is 40.5 Å². The van der Waals surface area contributed by atoms with E-state index in [2.05, 4.69) is 9.47 Å². The molecule has 0 spiro atoms. The summed E-state index contributed by atoms with van der Waals surface area (Å²) in [6.45, 7) is 0.727. The maximum Gasteiger partial charge on any atom is 0.336 e. The van der Waals surface area contributed by atoms with Crippen molar-refractivity contribution in [2.45, 2.75) is 0 Å². The van der Waals surface area contributed by atoms with Gasteiger partial charge in [0.25, 0.3) is 0 Å². The molecule has 0 radical (unpaired) electrons. The molecule has 0 atom stereocenters. The largest absolute Gasteiger partial charge is 0.383 e. The molecule has 0 aliphatic heterocycles. The smallest absolute Gasteiger partial charge is 0.336 e. The molecule has 0 saturated carbocycles. The zero-order chi connectivity index (χ0) is 10.3. The summed E-state index contributed by atoms with van der Waals surface area (Å²) < 4.78 is 40.4. The highest BCUT2D eigenvalue weighted by atomic mass is 32.2. The first-order valence-corrected chi connectivity index (χ1v) is 5.12. The van der Waals surface area contributed by atoms with Crippen LogP contribution in [0.1, 0.15) is 0 Å². The molecule has 0 aliphatic rings. The van der Waals surface area contributed by atoms with Crippen molar-refractivity contribution in [3.63, 3.8) is 0 Å². The van der Waals surface area contributed by atoms with Crippen molar-refractivity contribution in [2.24, 2.45) is 0 Å². The second-order valence-electron chi connectivity index (χ2n) is 2.36. The van der Waals surface area contributed by atoms with E-state index in [4.69, 9.17) is 4.55 Å². The number of methoxy groups -OCH3 is 2. The van der Waals surface area contributed by atoms with Crippen LogP contribution in [0.3, 0.4) is 0 Å². The van der Waals surface area contributed by atoms with E-state index in [0.29, 0.717) is 0 Å². The van der Waals surface area contributed by atoms with E-state index in [1.165, 1.54) is 14.2 Å². The molecular weight excluding hydrogens is 198 g/mol. The summed E-state index contributed by atoms with van der Waals surface area (Å²) >= 11 is 0. The Morgan fingerprint density at radius 1 is 1.15 bits per heavy atom.